The highest BCUT2D eigenvalue weighted by Crippen LogP contribution is 2.27. The first-order valence-electron chi connectivity index (χ1n) is 7.22. The van der Waals surface area contributed by atoms with Crippen molar-refractivity contribution in [2.24, 2.45) is 0 Å². The Kier molecular flexibility index (Phi) is 5.60. The quantitative estimate of drug-likeness (QED) is 0.888. The lowest BCUT2D eigenvalue weighted by Crippen LogP contribution is -2.39. The van der Waals surface area contributed by atoms with E-state index in [1.807, 2.05) is 6.20 Å². The molecule has 0 aromatic carbocycles. The smallest absolute Gasteiger partial charge is 0.110 e. The number of thiazole rings is 1. The van der Waals surface area contributed by atoms with Gasteiger partial charge < -0.3 is 5.32 Å². The van der Waals surface area contributed by atoms with Gasteiger partial charge in [-0.3, -0.25) is 4.90 Å². The van der Waals surface area contributed by atoms with E-state index in [0.29, 0.717) is 12.1 Å². The molecule has 2 atom stereocenters. The van der Waals surface area contributed by atoms with Crippen molar-refractivity contribution < 1.29 is 0 Å². The molecular weight excluding hydrogens is 242 g/mol. The van der Waals surface area contributed by atoms with Gasteiger partial charge in [0.2, 0.25) is 0 Å². The minimum atomic E-state index is 0.518. The molecule has 102 valence electrons. The third kappa shape index (κ3) is 3.53. The molecule has 0 amide bonds. The van der Waals surface area contributed by atoms with E-state index in [1.165, 1.54) is 37.4 Å². The topological polar surface area (TPSA) is 28.2 Å². The van der Waals surface area contributed by atoms with E-state index in [0.717, 1.165) is 13.0 Å². The van der Waals surface area contributed by atoms with Crippen LogP contribution in [0.15, 0.2) is 11.6 Å². The van der Waals surface area contributed by atoms with Gasteiger partial charge in [0.1, 0.15) is 5.01 Å². The summed E-state index contributed by atoms with van der Waals surface area (Å²) in [5.41, 5.74) is 0. The van der Waals surface area contributed by atoms with Gasteiger partial charge >= 0.3 is 0 Å². The highest BCUT2D eigenvalue weighted by molar-refractivity contribution is 7.09. The van der Waals surface area contributed by atoms with Crippen molar-refractivity contribution in [2.45, 2.75) is 51.6 Å². The lowest BCUT2D eigenvalue weighted by atomic mass is 10.1. The van der Waals surface area contributed by atoms with Crippen LogP contribution >= 0.6 is 11.3 Å². The van der Waals surface area contributed by atoms with Crippen LogP contribution in [0.5, 0.6) is 0 Å². The third-order valence-corrected chi connectivity index (χ3v) is 4.59. The predicted molar refractivity (Wildman–Crippen MR) is 78.0 cm³/mol. The largest absolute Gasteiger partial charge is 0.313 e. The van der Waals surface area contributed by atoms with Gasteiger partial charge in [0.05, 0.1) is 6.04 Å². The van der Waals surface area contributed by atoms with E-state index in [4.69, 9.17) is 0 Å². The number of nitrogens with one attached hydrogen (secondary N) is 1. The van der Waals surface area contributed by atoms with Crippen LogP contribution in [0.4, 0.5) is 0 Å². The molecule has 1 saturated heterocycles. The molecule has 1 aliphatic rings. The minimum Gasteiger partial charge on any atom is -0.313 e. The summed E-state index contributed by atoms with van der Waals surface area (Å²) in [5, 5.41) is 7.06. The third-order valence-electron chi connectivity index (χ3n) is 3.71. The van der Waals surface area contributed by atoms with Crippen LogP contribution in [-0.4, -0.2) is 35.6 Å². The van der Waals surface area contributed by atoms with Crippen LogP contribution in [0.1, 0.15) is 50.6 Å². The Morgan fingerprint density at radius 3 is 3.11 bits per heavy atom. The Balaban J connectivity index is 2.04. The maximum atomic E-state index is 4.52. The first-order chi connectivity index (χ1) is 8.85. The van der Waals surface area contributed by atoms with Gasteiger partial charge in [-0.2, -0.15) is 0 Å². The SMILES string of the molecule is CCCC1CN(C(CC)c2nccs2)CCCN1. The highest BCUT2D eigenvalue weighted by Gasteiger charge is 2.25. The predicted octanol–water partition coefficient (Wildman–Crippen LogP) is 3.06. The number of hydrogen-bond acceptors (Lipinski definition) is 4. The van der Waals surface area contributed by atoms with Crippen LogP contribution in [0, 0.1) is 0 Å². The van der Waals surface area contributed by atoms with Crippen molar-refractivity contribution in [3.05, 3.63) is 16.6 Å². The first kappa shape index (κ1) is 14.0. The van der Waals surface area contributed by atoms with Crippen LogP contribution < -0.4 is 5.32 Å². The number of aromatic nitrogens is 1. The number of hydrogen-bond donors (Lipinski definition) is 1. The summed E-state index contributed by atoms with van der Waals surface area (Å²) in [6.07, 6.45) is 6.89. The van der Waals surface area contributed by atoms with Crippen molar-refractivity contribution in [1.29, 1.82) is 0 Å². The van der Waals surface area contributed by atoms with Gasteiger partial charge in [0.25, 0.3) is 0 Å². The summed E-state index contributed by atoms with van der Waals surface area (Å²) in [4.78, 5) is 7.16. The zero-order valence-electron chi connectivity index (χ0n) is 11.6. The van der Waals surface area contributed by atoms with Crippen molar-refractivity contribution >= 4 is 11.3 Å². The highest BCUT2D eigenvalue weighted by atomic mass is 32.1. The fourth-order valence-corrected chi connectivity index (χ4v) is 3.70. The number of nitrogens with zero attached hydrogens (tertiary/aromatic N) is 2. The molecule has 1 aromatic heterocycles. The summed E-state index contributed by atoms with van der Waals surface area (Å²) in [6.45, 7) is 8.08. The molecule has 2 heterocycles. The second-order valence-corrected chi connectivity index (χ2v) is 6.01. The molecule has 1 aliphatic heterocycles. The van der Waals surface area contributed by atoms with Gasteiger partial charge in [-0.1, -0.05) is 20.3 Å². The van der Waals surface area contributed by atoms with E-state index in [1.54, 1.807) is 11.3 Å². The number of rotatable bonds is 5. The van der Waals surface area contributed by atoms with E-state index in [9.17, 15) is 0 Å². The molecule has 4 heteroatoms. The van der Waals surface area contributed by atoms with Gasteiger partial charge in [0.15, 0.2) is 0 Å². The summed E-state index contributed by atoms with van der Waals surface area (Å²) in [5.74, 6) is 0. The fraction of sp³-hybridized carbons (Fsp3) is 0.786. The van der Waals surface area contributed by atoms with E-state index >= 15 is 0 Å². The molecule has 0 aliphatic carbocycles. The first-order valence-corrected chi connectivity index (χ1v) is 8.10. The molecule has 0 bridgehead atoms. The monoisotopic (exact) mass is 267 g/mol. The van der Waals surface area contributed by atoms with Gasteiger partial charge in [-0.15, -0.1) is 11.3 Å². The molecular formula is C14H25N3S. The van der Waals surface area contributed by atoms with Gasteiger partial charge in [0, 0.05) is 30.7 Å². The van der Waals surface area contributed by atoms with Gasteiger partial charge in [-0.25, -0.2) is 4.98 Å². The molecule has 3 nitrogen and oxygen atoms in total. The Labute approximate surface area is 115 Å². The molecule has 0 saturated carbocycles. The van der Waals surface area contributed by atoms with Crippen molar-refractivity contribution in [3.63, 3.8) is 0 Å². The second kappa shape index (κ2) is 7.22. The molecule has 1 N–H and O–H groups in total. The molecule has 18 heavy (non-hydrogen) atoms. The molecule has 1 fully saturated rings. The maximum Gasteiger partial charge on any atom is 0.110 e. The van der Waals surface area contributed by atoms with E-state index in [-0.39, 0.29) is 0 Å². The molecule has 1 aromatic rings. The molecule has 2 rings (SSSR count). The maximum absolute atomic E-state index is 4.52. The van der Waals surface area contributed by atoms with Crippen LogP contribution in [-0.2, 0) is 0 Å². The zero-order chi connectivity index (χ0) is 12.8. The summed E-state index contributed by atoms with van der Waals surface area (Å²) in [7, 11) is 0. The minimum absolute atomic E-state index is 0.518. The van der Waals surface area contributed by atoms with Crippen molar-refractivity contribution in [1.82, 2.24) is 15.2 Å². The van der Waals surface area contributed by atoms with Crippen LogP contribution in [0.2, 0.25) is 0 Å². The molecule has 2 unspecified atom stereocenters. The standard InChI is InChI=1S/C14H25N3S/c1-3-6-12-11-17(9-5-7-15-12)13(4-2)14-16-8-10-18-14/h8,10,12-13,15H,3-7,9,11H2,1-2H3. The van der Waals surface area contributed by atoms with E-state index < -0.39 is 0 Å². The summed E-state index contributed by atoms with van der Waals surface area (Å²) in [6, 6.07) is 1.18. The fourth-order valence-electron chi connectivity index (χ4n) is 2.84. The molecule has 0 spiro atoms. The summed E-state index contributed by atoms with van der Waals surface area (Å²) < 4.78 is 0. The van der Waals surface area contributed by atoms with Gasteiger partial charge in [-0.05, 0) is 25.8 Å². The summed E-state index contributed by atoms with van der Waals surface area (Å²) >= 11 is 1.80. The average molecular weight is 267 g/mol. The van der Waals surface area contributed by atoms with Crippen molar-refractivity contribution in [3.8, 4) is 0 Å². The zero-order valence-corrected chi connectivity index (χ0v) is 12.4. The Morgan fingerprint density at radius 2 is 2.44 bits per heavy atom. The lowest BCUT2D eigenvalue weighted by molar-refractivity contribution is 0.185. The Morgan fingerprint density at radius 1 is 1.56 bits per heavy atom. The normalized spacial score (nSPS) is 23.8. The van der Waals surface area contributed by atoms with Crippen molar-refractivity contribution in [2.75, 3.05) is 19.6 Å². The Hall–Kier alpha value is -0.450. The lowest BCUT2D eigenvalue weighted by Gasteiger charge is -2.30. The van der Waals surface area contributed by atoms with Crippen LogP contribution in [0.25, 0.3) is 0 Å². The average Bonchev–Trinajstić information content (AvgIpc) is 2.79. The molecule has 0 radical (unpaired) electrons. The van der Waals surface area contributed by atoms with Crippen LogP contribution in [0.3, 0.4) is 0 Å². The second-order valence-electron chi connectivity index (χ2n) is 5.08. The van der Waals surface area contributed by atoms with E-state index in [2.05, 4.69) is 34.4 Å². The Bertz CT molecular complexity index is 326.